The van der Waals surface area contributed by atoms with E-state index in [1.54, 1.807) is 16.7 Å². The van der Waals surface area contributed by atoms with Crippen molar-refractivity contribution in [3.05, 3.63) is 76.6 Å². The zero-order valence-corrected chi connectivity index (χ0v) is 16.2. The summed E-state index contributed by atoms with van der Waals surface area (Å²) < 4.78 is 1.59. The van der Waals surface area contributed by atoms with Gasteiger partial charge in [-0.1, -0.05) is 36.0 Å². The van der Waals surface area contributed by atoms with Crippen LogP contribution in [0.15, 0.2) is 65.1 Å². The number of nitrogens with zero attached hydrogens (tertiary/aromatic N) is 2. The van der Waals surface area contributed by atoms with E-state index in [4.69, 9.17) is 0 Å². The lowest BCUT2D eigenvalue weighted by Gasteiger charge is -2.14. The van der Waals surface area contributed by atoms with Crippen LogP contribution in [0.1, 0.15) is 11.1 Å². The lowest BCUT2D eigenvalue weighted by atomic mass is 10.1. The molecule has 1 heterocycles. The normalized spacial score (nSPS) is 10.7. The summed E-state index contributed by atoms with van der Waals surface area (Å²) in [5.74, 6) is 0.0398. The molecule has 5 nitrogen and oxygen atoms in total. The third kappa shape index (κ3) is 4.28. The number of carbonyl (C=O) groups is 1. The second-order valence-corrected chi connectivity index (χ2v) is 7.22. The largest absolute Gasteiger partial charge is 0.352 e. The topological polar surface area (TPSA) is 64.0 Å². The smallest absolute Gasteiger partial charge is 0.266 e. The molecule has 2 aromatic carbocycles. The van der Waals surface area contributed by atoms with Gasteiger partial charge in [0.1, 0.15) is 0 Å². The third-order valence-electron chi connectivity index (χ3n) is 3.99. The molecule has 0 saturated heterocycles. The van der Waals surface area contributed by atoms with E-state index in [9.17, 15) is 9.59 Å². The van der Waals surface area contributed by atoms with E-state index < -0.39 is 0 Å². The van der Waals surface area contributed by atoms with Crippen LogP contribution in [0.4, 0.5) is 0 Å². The van der Waals surface area contributed by atoms with Gasteiger partial charge in [0.05, 0.1) is 22.3 Å². The molecule has 0 fully saturated rings. The maximum Gasteiger partial charge on any atom is 0.266 e. The zero-order chi connectivity index (χ0) is 19.4. The van der Waals surface area contributed by atoms with Crippen molar-refractivity contribution in [2.24, 2.45) is 0 Å². The molecular weight excluding hydrogens is 358 g/mol. The van der Waals surface area contributed by atoms with Gasteiger partial charge in [-0.3, -0.25) is 14.2 Å². The van der Waals surface area contributed by atoms with E-state index in [0.29, 0.717) is 22.6 Å². The summed E-state index contributed by atoms with van der Waals surface area (Å²) in [7, 11) is 0. The first kappa shape index (κ1) is 18.9. The predicted molar refractivity (Wildman–Crippen MR) is 111 cm³/mol. The van der Waals surface area contributed by atoms with Crippen LogP contribution < -0.4 is 10.9 Å². The molecule has 0 unspecified atom stereocenters. The average molecular weight is 379 g/mol. The predicted octanol–water partition coefficient (Wildman–Crippen LogP) is 3.40. The van der Waals surface area contributed by atoms with Crippen molar-refractivity contribution in [2.45, 2.75) is 19.0 Å². The molecule has 0 bridgehead atoms. The number of aryl methyl sites for hydroxylation is 2. The van der Waals surface area contributed by atoms with Crippen LogP contribution >= 0.6 is 11.8 Å². The second-order valence-electron chi connectivity index (χ2n) is 6.28. The van der Waals surface area contributed by atoms with Crippen LogP contribution in [-0.4, -0.2) is 27.8 Å². The van der Waals surface area contributed by atoms with Crippen molar-refractivity contribution < 1.29 is 4.79 Å². The number of benzene rings is 2. The number of aromatic nitrogens is 2. The summed E-state index contributed by atoms with van der Waals surface area (Å²) in [4.78, 5) is 29.8. The number of hydrogen-bond acceptors (Lipinski definition) is 4. The van der Waals surface area contributed by atoms with Gasteiger partial charge in [0.2, 0.25) is 5.91 Å². The number of hydrogen-bond donors (Lipinski definition) is 1. The van der Waals surface area contributed by atoms with Gasteiger partial charge in [-0.25, -0.2) is 4.98 Å². The SMILES string of the molecule is C=CCNC(=O)CSc1nc2ccccc2c(=O)n1-c1cc(C)cc(C)c1. The Labute approximate surface area is 162 Å². The molecule has 0 saturated carbocycles. The Morgan fingerprint density at radius 1 is 1.22 bits per heavy atom. The van der Waals surface area contributed by atoms with E-state index in [1.165, 1.54) is 11.8 Å². The fraction of sp³-hybridized carbons (Fsp3) is 0.190. The highest BCUT2D eigenvalue weighted by Crippen LogP contribution is 2.22. The van der Waals surface area contributed by atoms with E-state index in [1.807, 2.05) is 44.2 Å². The van der Waals surface area contributed by atoms with Crippen LogP contribution in [-0.2, 0) is 4.79 Å². The van der Waals surface area contributed by atoms with E-state index in [0.717, 1.165) is 16.8 Å². The molecule has 3 rings (SSSR count). The minimum atomic E-state index is -0.139. The summed E-state index contributed by atoms with van der Waals surface area (Å²) in [5, 5.41) is 3.79. The fourth-order valence-corrected chi connectivity index (χ4v) is 3.73. The van der Waals surface area contributed by atoms with Gasteiger partial charge in [-0.2, -0.15) is 0 Å². The van der Waals surface area contributed by atoms with Crippen molar-refractivity contribution in [3.63, 3.8) is 0 Å². The summed E-state index contributed by atoms with van der Waals surface area (Å²) in [6.45, 7) is 7.98. The molecule has 0 radical (unpaired) electrons. The van der Waals surface area contributed by atoms with Crippen LogP contribution in [0.3, 0.4) is 0 Å². The lowest BCUT2D eigenvalue weighted by Crippen LogP contribution is -2.26. The Morgan fingerprint density at radius 3 is 2.63 bits per heavy atom. The molecule has 138 valence electrons. The van der Waals surface area contributed by atoms with Crippen molar-refractivity contribution in [1.29, 1.82) is 0 Å². The maximum atomic E-state index is 13.2. The van der Waals surface area contributed by atoms with Crippen molar-refractivity contribution in [1.82, 2.24) is 14.9 Å². The molecule has 0 atom stereocenters. The van der Waals surface area contributed by atoms with Crippen LogP contribution in [0.2, 0.25) is 0 Å². The molecule has 1 aromatic heterocycles. The molecule has 1 amide bonds. The third-order valence-corrected chi connectivity index (χ3v) is 4.92. The molecular formula is C21H21N3O2S. The van der Waals surface area contributed by atoms with Crippen LogP contribution in [0.25, 0.3) is 16.6 Å². The Hall–Kier alpha value is -2.86. The Kier molecular flexibility index (Phi) is 5.76. The minimum absolute atomic E-state index is 0.130. The summed E-state index contributed by atoms with van der Waals surface area (Å²) >= 11 is 1.25. The number of fused-ring (bicyclic) bond motifs is 1. The van der Waals surface area contributed by atoms with Crippen LogP contribution in [0.5, 0.6) is 0 Å². The standard InChI is InChI=1S/C21H21N3O2S/c1-4-9-22-19(25)13-27-21-23-18-8-6-5-7-17(18)20(26)24(21)16-11-14(2)10-15(3)12-16/h4-8,10-12H,1,9,13H2,2-3H3,(H,22,25). The van der Waals surface area contributed by atoms with E-state index in [2.05, 4.69) is 22.9 Å². The van der Waals surface area contributed by atoms with Crippen molar-refractivity contribution in [3.8, 4) is 5.69 Å². The highest BCUT2D eigenvalue weighted by Gasteiger charge is 2.15. The van der Waals surface area contributed by atoms with Crippen molar-refractivity contribution >= 4 is 28.6 Å². The van der Waals surface area contributed by atoms with E-state index in [-0.39, 0.29) is 17.2 Å². The Bertz CT molecular complexity index is 1050. The number of nitrogens with one attached hydrogen (secondary N) is 1. The summed E-state index contributed by atoms with van der Waals surface area (Å²) in [6, 6.07) is 13.2. The molecule has 0 aliphatic heterocycles. The Morgan fingerprint density at radius 2 is 1.93 bits per heavy atom. The number of thioether (sulfide) groups is 1. The van der Waals surface area contributed by atoms with Gasteiger partial charge in [0.15, 0.2) is 5.16 Å². The lowest BCUT2D eigenvalue weighted by molar-refractivity contribution is -0.118. The molecule has 3 aromatic rings. The van der Waals surface area contributed by atoms with Gasteiger partial charge in [0, 0.05) is 6.54 Å². The highest BCUT2D eigenvalue weighted by molar-refractivity contribution is 7.99. The van der Waals surface area contributed by atoms with Gasteiger partial charge >= 0.3 is 0 Å². The fourth-order valence-electron chi connectivity index (χ4n) is 2.88. The second kappa shape index (κ2) is 8.22. The molecule has 6 heteroatoms. The van der Waals surface area contributed by atoms with Crippen molar-refractivity contribution in [2.75, 3.05) is 12.3 Å². The number of rotatable bonds is 6. The average Bonchev–Trinajstić information content (AvgIpc) is 2.64. The number of para-hydroxylation sites is 1. The monoisotopic (exact) mass is 379 g/mol. The quantitative estimate of drug-likeness (QED) is 0.405. The first-order valence-corrected chi connectivity index (χ1v) is 9.59. The molecule has 0 aliphatic carbocycles. The molecule has 0 aliphatic rings. The maximum absolute atomic E-state index is 13.2. The van der Waals surface area contributed by atoms with Crippen LogP contribution in [0, 0.1) is 13.8 Å². The first-order valence-electron chi connectivity index (χ1n) is 8.60. The Balaban J connectivity index is 2.11. The van der Waals surface area contributed by atoms with Gasteiger partial charge in [0.25, 0.3) is 5.56 Å². The van der Waals surface area contributed by atoms with Gasteiger partial charge < -0.3 is 5.32 Å². The minimum Gasteiger partial charge on any atom is -0.352 e. The number of amides is 1. The molecule has 27 heavy (non-hydrogen) atoms. The number of carbonyl (C=O) groups excluding carboxylic acids is 1. The first-order chi connectivity index (χ1) is 13.0. The van der Waals surface area contributed by atoms with Gasteiger partial charge in [-0.05, 0) is 49.2 Å². The van der Waals surface area contributed by atoms with Gasteiger partial charge in [-0.15, -0.1) is 6.58 Å². The zero-order valence-electron chi connectivity index (χ0n) is 15.4. The molecule has 1 N–H and O–H groups in total. The molecule has 0 spiro atoms. The summed E-state index contributed by atoms with van der Waals surface area (Å²) in [6.07, 6.45) is 1.63. The summed E-state index contributed by atoms with van der Waals surface area (Å²) in [5.41, 5.74) is 3.36. The van der Waals surface area contributed by atoms with E-state index >= 15 is 0 Å². The highest BCUT2D eigenvalue weighted by atomic mass is 32.2.